The molecule has 0 aliphatic carbocycles. The molecule has 0 bridgehead atoms. The minimum atomic E-state index is -3.45. The zero-order chi connectivity index (χ0) is 15.6. The molecule has 114 valence electrons. The van der Waals surface area contributed by atoms with Crippen LogP contribution in [0.25, 0.3) is 11.0 Å². The third-order valence-electron chi connectivity index (χ3n) is 2.95. The third-order valence-corrected chi connectivity index (χ3v) is 4.48. The van der Waals surface area contributed by atoms with Gasteiger partial charge in [-0.05, 0) is 18.2 Å². The predicted molar refractivity (Wildman–Crippen MR) is 77.5 cm³/mol. The molecule has 0 fully saturated rings. The first-order valence-corrected chi connectivity index (χ1v) is 7.66. The Morgan fingerprint density at radius 3 is 2.67 bits per heavy atom. The molecular formula is C13H16N2O5S. The van der Waals surface area contributed by atoms with Gasteiger partial charge in [-0.2, -0.15) is 12.7 Å². The van der Waals surface area contributed by atoms with E-state index in [-0.39, 0.29) is 12.1 Å². The zero-order valence-electron chi connectivity index (χ0n) is 11.7. The van der Waals surface area contributed by atoms with Crippen molar-refractivity contribution in [2.45, 2.75) is 6.42 Å². The molecule has 2 aromatic rings. The van der Waals surface area contributed by atoms with E-state index in [4.69, 9.17) is 9.52 Å². The molecular weight excluding hydrogens is 296 g/mol. The lowest BCUT2D eigenvalue weighted by molar-refractivity contribution is 0.0697. The van der Waals surface area contributed by atoms with Crippen molar-refractivity contribution in [3.8, 4) is 0 Å². The summed E-state index contributed by atoms with van der Waals surface area (Å²) in [6.45, 7) is 0.201. The van der Waals surface area contributed by atoms with Crippen molar-refractivity contribution in [1.82, 2.24) is 9.03 Å². The number of carboxylic acids is 1. The van der Waals surface area contributed by atoms with Crippen molar-refractivity contribution in [2.75, 3.05) is 20.6 Å². The second kappa shape index (κ2) is 5.84. The van der Waals surface area contributed by atoms with Crippen molar-refractivity contribution in [2.24, 2.45) is 0 Å². The number of aromatic carboxylic acids is 1. The molecule has 2 rings (SSSR count). The Balaban J connectivity index is 2.08. The van der Waals surface area contributed by atoms with Crippen LogP contribution in [0.15, 0.2) is 28.7 Å². The second-order valence-electron chi connectivity index (χ2n) is 4.70. The molecule has 0 saturated carbocycles. The van der Waals surface area contributed by atoms with Gasteiger partial charge in [0.1, 0.15) is 11.3 Å². The number of hydrogen-bond donors (Lipinski definition) is 2. The van der Waals surface area contributed by atoms with Crippen molar-refractivity contribution in [3.05, 3.63) is 35.6 Å². The number of furan rings is 1. The van der Waals surface area contributed by atoms with Gasteiger partial charge in [0.2, 0.25) is 0 Å². The van der Waals surface area contributed by atoms with Gasteiger partial charge in [-0.15, -0.1) is 0 Å². The van der Waals surface area contributed by atoms with Gasteiger partial charge >= 0.3 is 5.97 Å². The summed E-state index contributed by atoms with van der Waals surface area (Å²) in [7, 11) is -0.570. The molecule has 21 heavy (non-hydrogen) atoms. The number of fused-ring (bicyclic) bond motifs is 1. The highest BCUT2D eigenvalue weighted by atomic mass is 32.2. The molecule has 1 aromatic heterocycles. The Hall–Kier alpha value is -1.90. The first-order chi connectivity index (χ1) is 9.79. The summed E-state index contributed by atoms with van der Waals surface area (Å²) in [6.07, 6.45) is 0.379. The van der Waals surface area contributed by atoms with E-state index in [1.54, 1.807) is 12.1 Å². The number of carbonyl (C=O) groups is 1. The SMILES string of the molecule is CN(C)S(=O)(=O)NCCc1cc2ccc(C(=O)O)cc2o1. The van der Waals surface area contributed by atoms with E-state index in [9.17, 15) is 13.2 Å². The molecule has 0 aliphatic heterocycles. The highest BCUT2D eigenvalue weighted by Gasteiger charge is 2.13. The highest BCUT2D eigenvalue weighted by molar-refractivity contribution is 7.87. The molecule has 0 unspecified atom stereocenters. The van der Waals surface area contributed by atoms with Crippen molar-refractivity contribution in [1.29, 1.82) is 0 Å². The van der Waals surface area contributed by atoms with Crippen molar-refractivity contribution < 1.29 is 22.7 Å². The number of hydrogen-bond acceptors (Lipinski definition) is 4. The van der Waals surface area contributed by atoms with Gasteiger partial charge in [-0.3, -0.25) is 0 Å². The highest BCUT2D eigenvalue weighted by Crippen LogP contribution is 2.21. The van der Waals surface area contributed by atoms with Crippen LogP contribution in [0.3, 0.4) is 0 Å². The largest absolute Gasteiger partial charge is 0.478 e. The zero-order valence-corrected chi connectivity index (χ0v) is 12.5. The molecule has 0 amide bonds. The van der Waals surface area contributed by atoms with Gasteiger partial charge in [-0.25, -0.2) is 9.52 Å². The van der Waals surface area contributed by atoms with Crippen molar-refractivity contribution in [3.63, 3.8) is 0 Å². The van der Waals surface area contributed by atoms with E-state index >= 15 is 0 Å². The van der Waals surface area contributed by atoms with Crippen LogP contribution >= 0.6 is 0 Å². The summed E-state index contributed by atoms with van der Waals surface area (Å²) >= 11 is 0. The molecule has 2 N–H and O–H groups in total. The Labute approximate surface area is 122 Å². The van der Waals surface area contributed by atoms with Gasteiger partial charge in [0.15, 0.2) is 0 Å². The molecule has 8 heteroatoms. The maximum absolute atomic E-state index is 11.5. The van der Waals surface area contributed by atoms with Crippen LogP contribution in [-0.4, -0.2) is 44.4 Å². The lowest BCUT2D eigenvalue weighted by Crippen LogP contribution is -2.36. The third kappa shape index (κ3) is 3.60. The van der Waals surface area contributed by atoms with E-state index in [2.05, 4.69) is 4.72 Å². The van der Waals surface area contributed by atoms with Crippen LogP contribution in [0, 0.1) is 0 Å². The second-order valence-corrected chi connectivity index (χ2v) is 6.67. The molecule has 0 spiro atoms. The fourth-order valence-electron chi connectivity index (χ4n) is 1.77. The number of nitrogens with one attached hydrogen (secondary N) is 1. The lowest BCUT2D eigenvalue weighted by atomic mass is 10.1. The maximum Gasteiger partial charge on any atom is 0.335 e. The first kappa shape index (κ1) is 15.5. The van der Waals surface area contributed by atoms with E-state index < -0.39 is 16.2 Å². The van der Waals surface area contributed by atoms with Crippen LogP contribution in [-0.2, 0) is 16.6 Å². The van der Waals surface area contributed by atoms with Crippen LogP contribution in [0.4, 0.5) is 0 Å². The smallest absolute Gasteiger partial charge is 0.335 e. The van der Waals surface area contributed by atoms with Gasteiger partial charge < -0.3 is 9.52 Å². The summed E-state index contributed by atoms with van der Waals surface area (Å²) in [5, 5.41) is 9.69. The molecule has 1 aromatic carbocycles. The fourth-order valence-corrected chi connectivity index (χ4v) is 2.39. The van der Waals surface area contributed by atoms with Gasteiger partial charge in [-0.1, -0.05) is 6.07 Å². The number of rotatable bonds is 6. The van der Waals surface area contributed by atoms with Crippen LogP contribution in [0.2, 0.25) is 0 Å². The number of carboxylic acid groups (broad SMARTS) is 1. The standard InChI is InChI=1S/C13H16N2O5S/c1-15(2)21(18,19)14-6-5-11-7-9-3-4-10(13(16)17)8-12(9)20-11/h3-4,7-8,14H,5-6H2,1-2H3,(H,16,17). The van der Waals surface area contributed by atoms with E-state index in [0.29, 0.717) is 17.8 Å². The van der Waals surface area contributed by atoms with E-state index in [0.717, 1.165) is 9.69 Å². The average Bonchev–Trinajstić information content (AvgIpc) is 2.79. The predicted octanol–water partition coefficient (Wildman–Crippen LogP) is 1.07. The monoisotopic (exact) mass is 312 g/mol. The Morgan fingerprint density at radius 2 is 2.05 bits per heavy atom. The summed E-state index contributed by atoms with van der Waals surface area (Å²) in [6, 6.07) is 6.38. The van der Waals surface area contributed by atoms with Gasteiger partial charge in [0, 0.05) is 32.4 Å². The van der Waals surface area contributed by atoms with E-state index in [1.807, 2.05) is 0 Å². The summed E-state index contributed by atoms with van der Waals surface area (Å²) in [4.78, 5) is 10.9. The van der Waals surface area contributed by atoms with Crippen LogP contribution in [0.1, 0.15) is 16.1 Å². The average molecular weight is 312 g/mol. The molecule has 7 nitrogen and oxygen atoms in total. The Bertz CT molecular complexity index is 764. The van der Waals surface area contributed by atoms with Gasteiger partial charge in [0.05, 0.1) is 5.56 Å². The fraction of sp³-hybridized carbons (Fsp3) is 0.308. The Morgan fingerprint density at radius 1 is 1.33 bits per heavy atom. The van der Waals surface area contributed by atoms with E-state index in [1.165, 1.54) is 26.2 Å². The van der Waals surface area contributed by atoms with Gasteiger partial charge in [0.25, 0.3) is 10.2 Å². The van der Waals surface area contributed by atoms with Crippen molar-refractivity contribution >= 4 is 27.1 Å². The first-order valence-electron chi connectivity index (χ1n) is 6.22. The molecule has 1 heterocycles. The molecule has 0 aliphatic rings. The molecule has 0 radical (unpaired) electrons. The Kier molecular flexibility index (Phi) is 4.31. The summed E-state index contributed by atoms with van der Waals surface area (Å²) < 4.78 is 32.1. The summed E-state index contributed by atoms with van der Waals surface area (Å²) in [5.74, 6) is -0.428. The quantitative estimate of drug-likeness (QED) is 0.831. The maximum atomic E-state index is 11.5. The minimum absolute atomic E-state index is 0.150. The molecule has 0 saturated heterocycles. The number of benzene rings is 1. The van der Waals surface area contributed by atoms with Crippen LogP contribution < -0.4 is 4.72 Å². The molecule has 0 atom stereocenters. The van der Waals surface area contributed by atoms with Crippen LogP contribution in [0.5, 0.6) is 0 Å². The number of nitrogens with zero attached hydrogens (tertiary/aromatic N) is 1. The minimum Gasteiger partial charge on any atom is -0.478 e. The normalized spacial score (nSPS) is 12.1. The lowest BCUT2D eigenvalue weighted by Gasteiger charge is -2.11. The summed E-state index contributed by atoms with van der Waals surface area (Å²) in [5.41, 5.74) is 0.622. The topological polar surface area (TPSA) is 99.9 Å².